The molecule has 0 aliphatic rings. The van der Waals surface area contributed by atoms with Gasteiger partial charge in [0.1, 0.15) is 0 Å². The molecule has 0 radical (unpaired) electrons. The van der Waals surface area contributed by atoms with Gasteiger partial charge in [-0.2, -0.15) is 0 Å². The summed E-state index contributed by atoms with van der Waals surface area (Å²) in [6.07, 6.45) is 3.88. The molecule has 122 valence electrons. The number of sulfonamides is 1. The Balaban J connectivity index is 2.14. The number of pyridine rings is 1. The minimum Gasteiger partial charge on any atom is -0.465 e. The summed E-state index contributed by atoms with van der Waals surface area (Å²) in [4.78, 5) is 15.6. The number of hydrogen-bond acceptors (Lipinski definition) is 5. The highest BCUT2D eigenvalue weighted by molar-refractivity contribution is 7.89. The lowest BCUT2D eigenvalue weighted by molar-refractivity contribution is 0.0600. The molecule has 6 nitrogen and oxygen atoms in total. The maximum Gasteiger partial charge on any atom is 0.337 e. The van der Waals surface area contributed by atoms with Crippen molar-refractivity contribution in [1.82, 2.24) is 9.71 Å². The fourth-order valence-electron chi connectivity index (χ4n) is 2.09. The van der Waals surface area contributed by atoms with Crippen molar-refractivity contribution in [2.75, 3.05) is 13.7 Å². The Bertz CT molecular complexity index is 789. The van der Waals surface area contributed by atoms with Crippen LogP contribution in [0.15, 0.2) is 47.6 Å². The molecule has 0 aliphatic carbocycles. The summed E-state index contributed by atoms with van der Waals surface area (Å²) >= 11 is 0. The Kier molecular flexibility index (Phi) is 5.46. The molecule has 2 aromatic rings. The van der Waals surface area contributed by atoms with Crippen molar-refractivity contribution in [2.24, 2.45) is 0 Å². The SMILES string of the molecule is COC(=O)c1ccc(C)c(S(=O)(=O)NCCc2cccnc2)c1. The molecule has 0 saturated carbocycles. The van der Waals surface area contributed by atoms with Crippen molar-refractivity contribution in [3.63, 3.8) is 0 Å². The molecule has 0 fully saturated rings. The van der Waals surface area contributed by atoms with Gasteiger partial charge < -0.3 is 4.74 Å². The zero-order valence-electron chi connectivity index (χ0n) is 12.9. The van der Waals surface area contributed by atoms with Gasteiger partial charge in [0.2, 0.25) is 10.0 Å². The second-order valence-electron chi connectivity index (χ2n) is 4.98. The van der Waals surface area contributed by atoms with Crippen LogP contribution in [0.25, 0.3) is 0 Å². The van der Waals surface area contributed by atoms with Crippen molar-refractivity contribution in [1.29, 1.82) is 0 Å². The first-order chi connectivity index (χ1) is 10.9. The lowest BCUT2D eigenvalue weighted by Gasteiger charge is -2.10. The highest BCUT2D eigenvalue weighted by Gasteiger charge is 2.19. The van der Waals surface area contributed by atoms with Gasteiger partial charge in [0.05, 0.1) is 17.6 Å². The van der Waals surface area contributed by atoms with Crippen LogP contribution < -0.4 is 4.72 Å². The number of esters is 1. The van der Waals surface area contributed by atoms with Crippen LogP contribution in [-0.2, 0) is 21.2 Å². The van der Waals surface area contributed by atoms with E-state index in [2.05, 4.69) is 14.4 Å². The van der Waals surface area contributed by atoms with E-state index >= 15 is 0 Å². The van der Waals surface area contributed by atoms with Crippen molar-refractivity contribution < 1.29 is 17.9 Å². The molecule has 1 heterocycles. The first-order valence-corrected chi connectivity index (χ1v) is 8.50. The molecular formula is C16H18N2O4S. The van der Waals surface area contributed by atoms with E-state index in [0.29, 0.717) is 12.0 Å². The molecule has 1 N–H and O–H groups in total. The van der Waals surface area contributed by atoms with E-state index in [4.69, 9.17) is 0 Å². The molecule has 1 aromatic carbocycles. The zero-order chi connectivity index (χ0) is 16.9. The average molecular weight is 334 g/mol. The molecule has 2 rings (SSSR count). The van der Waals surface area contributed by atoms with Gasteiger partial charge in [-0.1, -0.05) is 12.1 Å². The topological polar surface area (TPSA) is 85.4 Å². The molecule has 0 aliphatic heterocycles. The van der Waals surface area contributed by atoms with E-state index in [0.717, 1.165) is 5.56 Å². The third-order valence-electron chi connectivity index (χ3n) is 3.33. The van der Waals surface area contributed by atoms with E-state index in [9.17, 15) is 13.2 Å². The van der Waals surface area contributed by atoms with Gasteiger partial charge in [-0.15, -0.1) is 0 Å². The van der Waals surface area contributed by atoms with Gasteiger partial charge >= 0.3 is 5.97 Å². The maximum absolute atomic E-state index is 12.4. The van der Waals surface area contributed by atoms with Crippen LogP contribution in [0.3, 0.4) is 0 Å². The molecule has 0 unspecified atom stereocenters. The van der Waals surface area contributed by atoms with E-state index in [1.807, 2.05) is 6.07 Å². The predicted octanol–water partition coefficient (Wildman–Crippen LogP) is 1.70. The van der Waals surface area contributed by atoms with Crippen LogP contribution >= 0.6 is 0 Å². The van der Waals surface area contributed by atoms with Gasteiger partial charge in [0.15, 0.2) is 0 Å². The highest BCUT2D eigenvalue weighted by Crippen LogP contribution is 2.17. The number of carbonyl (C=O) groups is 1. The Morgan fingerprint density at radius 2 is 2.09 bits per heavy atom. The molecule has 1 aromatic heterocycles. The number of methoxy groups -OCH3 is 1. The zero-order valence-corrected chi connectivity index (χ0v) is 13.8. The first-order valence-electron chi connectivity index (χ1n) is 7.01. The van der Waals surface area contributed by atoms with Crippen LogP contribution in [0.1, 0.15) is 21.5 Å². The van der Waals surface area contributed by atoms with Gasteiger partial charge in [0, 0.05) is 18.9 Å². The predicted molar refractivity (Wildman–Crippen MR) is 85.6 cm³/mol. The molecule has 0 saturated heterocycles. The van der Waals surface area contributed by atoms with Crippen molar-refractivity contribution in [3.05, 3.63) is 59.4 Å². The van der Waals surface area contributed by atoms with Gasteiger partial charge in [-0.3, -0.25) is 4.98 Å². The summed E-state index contributed by atoms with van der Waals surface area (Å²) in [7, 11) is -2.45. The molecule has 0 atom stereocenters. The third-order valence-corrected chi connectivity index (χ3v) is 4.93. The maximum atomic E-state index is 12.4. The number of aryl methyl sites for hydroxylation is 1. The number of ether oxygens (including phenoxy) is 1. The molecule has 7 heteroatoms. The molecule has 0 bridgehead atoms. The normalized spacial score (nSPS) is 11.2. The summed E-state index contributed by atoms with van der Waals surface area (Å²) in [6.45, 7) is 1.92. The van der Waals surface area contributed by atoms with E-state index < -0.39 is 16.0 Å². The third kappa shape index (κ3) is 4.37. The van der Waals surface area contributed by atoms with Gasteiger partial charge in [-0.05, 0) is 42.7 Å². The molecule has 23 heavy (non-hydrogen) atoms. The lowest BCUT2D eigenvalue weighted by Crippen LogP contribution is -2.27. The number of rotatable bonds is 6. The second-order valence-corrected chi connectivity index (χ2v) is 6.72. The number of nitrogens with one attached hydrogen (secondary N) is 1. The fourth-order valence-corrected chi connectivity index (χ4v) is 3.39. The average Bonchev–Trinajstić information content (AvgIpc) is 2.55. The number of hydrogen-bond donors (Lipinski definition) is 1. The Hall–Kier alpha value is -2.25. The van der Waals surface area contributed by atoms with E-state index in [1.54, 1.807) is 31.5 Å². The molecule has 0 amide bonds. The first kappa shape index (κ1) is 17.1. The summed E-state index contributed by atoms with van der Waals surface area (Å²) in [5, 5.41) is 0. The Labute approximate surface area is 135 Å². The highest BCUT2D eigenvalue weighted by atomic mass is 32.2. The van der Waals surface area contributed by atoms with Crippen LogP contribution in [-0.4, -0.2) is 33.0 Å². The van der Waals surface area contributed by atoms with Crippen LogP contribution in [0, 0.1) is 6.92 Å². The van der Waals surface area contributed by atoms with Crippen LogP contribution in [0.5, 0.6) is 0 Å². The number of benzene rings is 1. The number of carbonyl (C=O) groups excluding carboxylic acids is 1. The fraction of sp³-hybridized carbons (Fsp3) is 0.250. The van der Waals surface area contributed by atoms with Gasteiger partial charge in [0.25, 0.3) is 0 Å². The summed E-state index contributed by atoms with van der Waals surface area (Å²) in [6, 6.07) is 8.13. The quantitative estimate of drug-likeness (QED) is 0.813. The molecule has 0 spiro atoms. The Morgan fingerprint density at radius 3 is 2.74 bits per heavy atom. The standard InChI is InChI=1S/C16H18N2O4S/c1-12-5-6-14(16(19)22-2)10-15(12)23(20,21)18-9-7-13-4-3-8-17-11-13/h3-6,8,10-11,18H,7,9H2,1-2H3. The summed E-state index contributed by atoms with van der Waals surface area (Å²) < 4.78 is 32.0. The Morgan fingerprint density at radius 1 is 1.30 bits per heavy atom. The number of nitrogens with zero attached hydrogens (tertiary/aromatic N) is 1. The smallest absolute Gasteiger partial charge is 0.337 e. The van der Waals surface area contributed by atoms with Crippen LogP contribution in [0.4, 0.5) is 0 Å². The van der Waals surface area contributed by atoms with Crippen molar-refractivity contribution >= 4 is 16.0 Å². The van der Waals surface area contributed by atoms with Crippen molar-refractivity contribution in [3.8, 4) is 0 Å². The largest absolute Gasteiger partial charge is 0.465 e. The van der Waals surface area contributed by atoms with Crippen molar-refractivity contribution in [2.45, 2.75) is 18.2 Å². The monoisotopic (exact) mass is 334 g/mol. The summed E-state index contributed by atoms with van der Waals surface area (Å²) in [5.74, 6) is -0.572. The van der Waals surface area contributed by atoms with Crippen LogP contribution in [0.2, 0.25) is 0 Å². The minimum absolute atomic E-state index is 0.0755. The minimum atomic E-state index is -3.70. The molecular weight excluding hydrogens is 316 g/mol. The second kappa shape index (κ2) is 7.34. The number of aromatic nitrogens is 1. The summed E-state index contributed by atoms with van der Waals surface area (Å²) in [5.41, 5.74) is 1.70. The van der Waals surface area contributed by atoms with Gasteiger partial charge in [-0.25, -0.2) is 17.9 Å². The van der Waals surface area contributed by atoms with E-state index in [1.165, 1.54) is 19.2 Å². The lowest BCUT2D eigenvalue weighted by atomic mass is 10.1. The van der Waals surface area contributed by atoms with E-state index in [-0.39, 0.29) is 17.0 Å².